The zero-order chi connectivity index (χ0) is 14.7. The van der Waals surface area contributed by atoms with E-state index in [4.69, 9.17) is 0 Å². The highest BCUT2D eigenvalue weighted by atomic mass is 79.9. The van der Waals surface area contributed by atoms with E-state index < -0.39 is 0 Å². The molecule has 2 N–H and O–H groups in total. The number of thiophene rings is 1. The number of anilines is 2. The molecule has 0 aliphatic heterocycles. The van der Waals surface area contributed by atoms with Crippen LogP contribution in [0.5, 0.6) is 0 Å². The molecule has 8 nitrogen and oxygen atoms in total. The molecule has 0 fully saturated rings. The average molecular weight is 367 g/mol. The zero-order valence-electron chi connectivity index (χ0n) is 11.0. The van der Waals surface area contributed by atoms with E-state index >= 15 is 0 Å². The standard InChI is InChI=1S/C11H11BrN8S/c1-13-9-17-10(15-3-8-2-7(12)4-21-8)19-11(18-9)20-6-14-5-16-20/h2,4-6H,3H2,1H3,(H2,13,15,17,18,19). The van der Waals surface area contributed by atoms with Crippen molar-refractivity contribution in [2.75, 3.05) is 17.7 Å². The van der Waals surface area contributed by atoms with Crippen molar-refractivity contribution in [1.29, 1.82) is 0 Å². The lowest BCUT2D eigenvalue weighted by atomic mass is 10.5. The Morgan fingerprint density at radius 1 is 1.29 bits per heavy atom. The highest BCUT2D eigenvalue weighted by Gasteiger charge is 2.08. The van der Waals surface area contributed by atoms with Gasteiger partial charge < -0.3 is 10.6 Å². The van der Waals surface area contributed by atoms with Crippen LogP contribution >= 0.6 is 27.3 Å². The molecule has 10 heteroatoms. The lowest BCUT2D eigenvalue weighted by molar-refractivity contribution is 0.795. The Morgan fingerprint density at radius 3 is 2.81 bits per heavy atom. The van der Waals surface area contributed by atoms with Crippen LogP contribution in [0.1, 0.15) is 4.88 Å². The summed E-state index contributed by atoms with van der Waals surface area (Å²) in [5.74, 6) is 1.34. The van der Waals surface area contributed by atoms with Gasteiger partial charge in [-0.25, -0.2) is 4.98 Å². The van der Waals surface area contributed by atoms with Crippen molar-refractivity contribution in [3.63, 3.8) is 0 Å². The van der Waals surface area contributed by atoms with E-state index in [0.29, 0.717) is 24.4 Å². The maximum Gasteiger partial charge on any atom is 0.258 e. The van der Waals surface area contributed by atoms with Gasteiger partial charge in [-0.05, 0) is 22.0 Å². The van der Waals surface area contributed by atoms with E-state index in [-0.39, 0.29) is 0 Å². The molecule has 3 aromatic heterocycles. The third kappa shape index (κ3) is 3.34. The van der Waals surface area contributed by atoms with E-state index in [1.165, 1.54) is 22.2 Å². The molecule has 0 aromatic carbocycles. The van der Waals surface area contributed by atoms with Crippen LogP contribution in [0.25, 0.3) is 5.95 Å². The largest absolute Gasteiger partial charge is 0.357 e. The minimum Gasteiger partial charge on any atom is -0.357 e. The van der Waals surface area contributed by atoms with Gasteiger partial charge in [0.1, 0.15) is 12.7 Å². The number of hydrogen-bond acceptors (Lipinski definition) is 8. The smallest absolute Gasteiger partial charge is 0.258 e. The molecule has 3 rings (SSSR count). The van der Waals surface area contributed by atoms with Crippen LogP contribution in [0.4, 0.5) is 11.9 Å². The molecule has 108 valence electrons. The molecule has 0 amide bonds. The molecule has 3 heterocycles. The Hall–Kier alpha value is -2.07. The quantitative estimate of drug-likeness (QED) is 0.712. The second-order valence-corrected chi connectivity index (χ2v) is 5.87. The monoisotopic (exact) mass is 366 g/mol. The van der Waals surface area contributed by atoms with Gasteiger partial charge in [0.25, 0.3) is 5.95 Å². The molecule has 0 atom stereocenters. The second kappa shape index (κ2) is 6.14. The van der Waals surface area contributed by atoms with Crippen LogP contribution in [-0.4, -0.2) is 36.8 Å². The van der Waals surface area contributed by atoms with Crippen molar-refractivity contribution < 1.29 is 0 Å². The van der Waals surface area contributed by atoms with Crippen LogP contribution in [0.3, 0.4) is 0 Å². The van der Waals surface area contributed by atoms with E-state index in [1.807, 2.05) is 5.38 Å². The Kier molecular flexibility index (Phi) is 4.06. The summed E-state index contributed by atoms with van der Waals surface area (Å²) >= 11 is 5.09. The van der Waals surface area contributed by atoms with Gasteiger partial charge in [-0.1, -0.05) is 0 Å². The zero-order valence-corrected chi connectivity index (χ0v) is 13.4. The highest BCUT2D eigenvalue weighted by molar-refractivity contribution is 9.10. The van der Waals surface area contributed by atoms with Gasteiger partial charge in [-0.15, -0.1) is 11.3 Å². The summed E-state index contributed by atoms with van der Waals surface area (Å²) in [5, 5.41) is 12.1. The van der Waals surface area contributed by atoms with E-state index in [2.05, 4.69) is 57.7 Å². The summed E-state index contributed by atoms with van der Waals surface area (Å²) in [7, 11) is 1.75. The Morgan fingerprint density at radius 2 is 2.14 bits per heavy atom. The van der Waals surface area contributed by atoms with Crippen molar-refractivity contribution in [3.05, 3.63) is 33.5 Å². The van der Waals surface area contributed by atoms with Crippen molar-refractivity contribution in [3.8, 4) is 5.95 Å². The maximum absolute atomic E-state index is 4.33. The summed E-state index contributed by atoms with van der Waals surface area (Å²) in [5.41, 5.74) is 0. The Labute approximate surface area is 132 Å². The van der Waals surface area contributed by atoms with Crippen LogP contribution in [0.15, 0.2) is 28.6 Å². The molecule has 0 saturated carbocycles. The van der Waals surface area contributed by atoms with Gasteiger partial charge in [0.2, 0.25) is 11.9 Å². The first-order chi connectivity index (χ1) is 10.2. The number of aromatic nitrogens is 6. The van der Waals surface area contributed by atoms with Gasteiger partial charge in [0, 0.05) is 21.8 Å². The summed E-state index contributed by atoms with van der Waals surface area (Å²) in [4.78, 5) is 17.9. The first kappa shape index (κ1) is 13.9. The van der Waals surface area contributed by atoms with Gasteiger partial charge in [-0.3, -0.25) is 0 Å². The molecule has 0 radical (unpaired) electrons. The van der Waals surface area contributed by atoms with Crippen molar-refractivity contribution >= 4 is 39.2 Å². The molecule has 0 spiro atoms. The first-order valence-corrected chi connectivity index (χ1v) is 7.67. The number of nitrogens with one attached hydrogen (secondary N) is 2. The molecule has 0 saturated heterocycles. The Balaban J connectivity index is 1.82. The van der Waals surface area contributed by atoms with Gasteiger partial charge in [-0.2, -0.15) is 24.7 Å². The molecular formula is C11H11BrN8S. The summed E-state index contributed by atoms with van der Waals surface area (Å²) in [6.07, 6.45) is 2.97. The predicted octanol–water partition coefficient (Wildman–Crippen LogP) is 1.93. The molecule has 0 aliphatic rings. The fraction of sp³-hybridized carbons (Fsp3) is 0.182. The minimum absolute atomic E-state index is 0.404. The van der Waals surface area contributed by atoms with Gasteiger partial charge >= 0.3 is 0 Å². The lowest BCUT2D eigenvalue weighted by Crippen LogP contribution is -2.11. The van der Waals surface area contributed by atoms with Crippen LogP contribution in [0.2, 0.25) is 0 Å². The summed E-state index contributed by atoms with van der Waals surface area (Å²) in [6.45, 7) is 0.639. The van der Waals surface area contributed by atoms with Gasteiger partial charge in [0.15, 0.2) is 0 Å². The third-order valence-corrected chi connectivity index (χ3v) is 4.21. The average Bonchev–Trinajstić information content (AvgIpc) is 3.16. The fourth-order valence-electron chi connectivity index (χ4n) is 1.58. The summed E-state index contributed by atoms with van der Waals surface area (Å²) < 4.78 is 2.55. The molecule has 0 unspecified atom stereocenters. The van der Waals surface area contributed by atoms with Crippen LogP contribution in [-0.2, 0) is 6.54 Å². The van der Waals surface area contributed by atoms with Crippen LogP contribution in [0, 0.1) is 0 Å². The number of halogens is 1. The first-order valence-electron chi connectivity index (χ1n) is 6.00. The number of nitrogens with zero attached hydrogens (tertiary/aromatic N) is 6. The van der Waals surface area contributed by atoms with E-state index in [0.717, 1.165) is 4.47 Å². The lowest BCUT2D eigenvalue weighted by Gasteiger charge is -2.07. The van der Waals surface area contributed by atoms with Crippen molar-refractivity contribution in [2.24, 2.45) is 0 Å². The van der Waals surface area contributed by atoms with E-state index in [9.17, 15) is 0 Å². The topological polar surface area (TPSA) is 93.4 Å². The minimum atomic E-state index is 0.404. The second-order valence-electron chi connectivity index (χ2n) is 3.96. The van der Waals surface area contributed by atoms with Gasteiger partial charge in [0.05, 0.1) is 6.54 Å². The summed E-state index contributed by atoms with van der Waals surface area (Å²) in [6, 6.07) is 2.05. The molecule has 0 aliphatic carbocycles. The number of rotatable bonds is 5. The molecule has 21 heavy (non-hydrogen) atoms. The predicted molar refractivity (Wildman–Crippen MR) is 83.6 cm³/mol. The highest BCUT2D eigenvalue weighted by Crippen LogP contribution is 2.20. The normalized spacial score (nSPS) is 10.6. The molecular weight excluding hydrogens is 356 g/mol. The SMILES string of the molecule is CNc1nc(NCc2cc(Br)cs2)nc(-n2cncn2)n1. The molecule has 3 aromatic rings. The maximum atomic E-state index is 4.33. The van der Waals surface area contributed by atoms with Crippen LogP contribution < -0.4 is 10.6 Å². The Bertz CT molecular complexity index is 726. The fourth-order valence-corrected chi connectivity index (χ4v) is 2.97. The third-order valence-electron chi connectivity index (χ3n) is 2.51. The number of hydrogen-bond donors (Lipinski definition) is 2. The van der Waals surface area contributed by atoms with E-state index in [1.54, 1.807) is 18.4 Å². The molecule has 0 bridgehead atoms. The van der Waals surface area contributed by atoms with Crippen molar-refractivity contribution in [2.45, 2.75) is 6.54 Å². The van der Waals surface area contributed by atoms with Crippen molar-refractivity contribution in [1.82, 2.24) is 29.7 Å².